The molecule has 0 aliphatic carbocycles. The molecule has 4 heteroatoms. The van der Waals surface area contributed by atoms with Gasteiger partial charge in [-0.2, -0.15) is 0 Å². The summed E-state index contributed by atoms with van der Waals surface area (Å²) in [4.78, 5) is 11.0. The molecule has 0 heterocycles. The average Bonchev–Trinajstić information content (AvgIpc) is 2.14. The number of rotatable bonds is 4. The molecule has 0 atom stereocenters. The molecule has 14 heavy (non-hydrogen) atoms. The summed E-state index contributed by atoms with van der Waals surface area (Å²) in [5.41, 5.74) is 1.67. The fraction of sp³-hybridized carbons (Fsp3) is 0.300. The maximum atomic E-state index is 11.0. The maximum Gasteiger partial charge on any atom is 0.252 e. The first-order valence-electron chi connectivity index (χ1n) is 4.18. The third-order valence-corrected chi connectivity index (χ3v) is 3.02. The molecule has 0 fully saturated rings. The smallest absolute Gasteiger partial charge is 0.252 e. The van der Waals surface area contributed by atoms with Gasteiger partial charge in [-0.3, -0.25) is 4.79 Å². The van der Waals surface area contributed by atoms with E-state index >= 15 is 0 Å². The molecule has 0 unspecified atom stereocenters. The molecule has 0 aliphatic rings. The van der Waals surface area contributed by atoms with Gasteiger partial charge >= 0.3 is 0 Å². The van der Waals surface area contributed by atoms with Gasteiger partial charge in [0.25, 0.3) is 5.24 Å². The van der Waals surface area contributed by atoms with Gasteiger partial charge in [0.15, 0.2) is 0 Å². The second kappa shape index (κ2) is 5.89. The molecule has 0 bridgehead atoms. The Labute approximate surface area is 105 Å². The molecule has 1 aromatic rings. The summed E-state index contributed by atoms with van der Waals surface area (Å²) < 4.78 is 0.897. The molecule has 1 nitrogen and oxygen atoms in total. The molecule has 0 N–H and O–H groups in total. The van der Waals surface area contributed by atoms with Crippen LogP contribution in [0.5, 0.6) is 0 Å². The summed E-state index contributed by atoms with van der Waals surface area (Å²) in [6.07, 6.45) is 1.99. The van der Waals surface area contributed by atoms with Gasteiger partial charge in [-0.25, -0.2) is 0 Å². The first-order chi connectivity index (χ1) is 6.63. The number of hydrogen-bond acceptors (Lipinski definition) is 1. The molecule has 0 aromatic heterocycles. The predicted octanol–water partition coefficient (Wildman–Crippen LogP) is 4.16. The van der Waals surface area contributed by atoms with Crippen molar-refractivity contribution in [1.29, 1.82) is 0 Å². The molecular formula is C10H9Br2ClO. The number of carbonyl (C=O) groups excluding carboxylic acids is 1. The summed E-state index contributed by atoms with van der Waals surface area (Å²) in [6, 6.07) is 5.57. The largest absolute Gasteiger partial charge is 0.276 e. The number of alkyl halides is 1. The van der Waals surface area contributed by atoms with Crippen LogP contribution in [0, 0.1) is 0 Å². The van der Waals surface area contributed by atoms with E-state index in [-0.39, 0.29) is 0 Å². The van der Waals surface area contributed by atoms with E-state index in [1.807, 2.05) is 12.1 Å². The lowest BCUT2D eigenvalue weighted by Gasteiger charge is -2.02. The quantitative estimate of drug-likeness (QED) is 0.594. The minimum absolute atomic E-state index is 0.411. The Hall–Kier alpha value is 0.140. The Morgan fingerprint density at radius 2 is 2.07 bits per heavy atom. The van der Waals surface area contributed by atoms with Crippen LogP contribution in [0.1, 0.15) is 22.3 Å². The molecule has 1 rings (SSSR count). The number of carbonyl (C=O) groups is 1. The molecule has 0 saturated carbocycles. The SMILES string of the molecule is O=C(Cl)c1cc(Br)cc(CCCBr)c1. The van der Waals surface area contributed by atoms with Crippen molar-refractivity contribution >= 4 is 48.7 Å². The van der Waals surface area contributed by atoms with Crippen LogP contribution >= 0.6 is 43.5 Å². The molecule has 0 radical (unpaired) electrons. The van der Waals surface area contributed by atoms with Crippen molar-refractivity contribution in [1.82, 2.24) is 0 Å². The highest BCUT2D eigenvalue weighted by molar-refractivity contribution is 9.10. The van der Waals surface area contributed by atoms with Crippen LogP contribution in [-0.2, 0) is 6.42 Å². The standard InChI is InChI=1S/C10H9Br2ClO/c11-3-1-2-7-4-8(10(13)14)6-9(12)5-7/h4-6H,1-3H2. The van der Waals surface area contributed by atoms with Gasteiger partial charge in [0.05, 0.1) is 0 Å². The zero-order valence-corrected chi connectivity index (χ0v) is 11.3. The maximum absolute atomic E-state index is 11.0. The molecular weight excluding hydrogens is 331 g/mol. The van der Waals surface area contributed by atoms with Crippen LogP contribution < -0.4 is 0 Å². The van der Waals surface area contributed by atoms with Crippen molar-refractivity contribution < 1.29 is 4.79 Å². The molecule has 1 aromatic carbocycles. The second-order valence-corrected chi connectivity index (χ2v) is 4.97. The lowest BCUT2D eigenvalue weighted by molar-refractivity contribution is 0.108. The Balaban J connectivity index is 2.89. The number of halogens is 3. The second-order valence-electron chi connectivity index (χ2n) is 2.91. The molecule has 0 amide bonds. The van der Waals surface area contributed by atoms with Crippen molar-refractivity contribution in [3.8, 4) is 0 Å². The summed E-state index contributed by atoms with van der Waals surface area (Å²) in [6.45, 7) is 0. The van der Waals surface area contributed by atoms with Crippen molar-refractivity contribution in [2.75, 3.05) is 5.33 Å². The molecule has 0 aliphatic heterocycles. The van der Waals surface area contributed by atoms with Crippen molar-refractivity contribution in [3.05, 3.63) is 33.8 Å². The van der Waals surface area contributed by atoms with Gasteiger partial charge in [0.1, 0.15) is 0 Å². The van der Waals surface area contributed by atoms with E-state index in [2.05, 4.69) is 31.9 Å². The summed E-state index contributed by atoms with van der Waals surface area (Å²) in [5.74, 6) is 0. The molecule has 0 spiro atoms. The van der Waals surface area contributed by atoms with Crippen LogP contribution in [0.4, 0.5) is 0 Å². The van der Waals surface area contributed by atoms with Gasteiger partial charge < -0.3 is 0 Å². The van der Waals surface area contributed by atoms with Gasteiger partial charge in [0, 0.05) is 15.4 Å². The third kappa shape index (κ3) is 3.71. The average molecular weight is 340 g/mol. The monoisotopic (exact) mass is 338 g/mol. The lowest BCUT2D eigenvalue weighted by atomic mass is 10.1. The predicted molar refractivity (Wildman–Crippen MR) is 66.4 cm³/mol. The highest BCUT2D eigenvalue weighted by atomic mass is 79.9. The van der Waals surface area contributed by atoms with E-state index in [4.69, 9.17) is 11.6 Å². The third-order valence-electron chi connectivity index (χ3n) is 1.78. The highest BCUT2D eigenvalue weighted by Gasteiger charge is 2.04. The Morgan fingerprint density at radius 1 is 1.36 bits per heavy atom. The van der Waals surface area contributed by atoms with Gasteiger partial charge in [-0.1, -0.05) is 31.9 Å². The first-order valence-corrected chi connectivity index (χ1v) is 6.48. The van der Waals surface area contributed by atoms with Gasteiger partial charge in [0.2, 0.25) is 0 Å². The van der Waals surface area contributed by atoms with Crippen molar-refractivity contribution in [2.45, 2.75) is 12.8 Å². The van der Waals surface area contributed by atoms with Crippen molar-refractivity contribution in [3.63, 3.8) is 0 Å². The fourth-order valence-corrected chi connectivity index (χ4v) is 2.11. The van der Waals surface area contributed by atoms with E-state index in [0.717, 1.165) is 28.2 Å². The number of aryl methyl sites for hydroxylation is 1. The zero-order valence-electron chi connectivity index (χ0n) is 7.40. The normalized spacial score (nSPS) is 10.2. The van der Waals surface area contributed by atoms with Gasteiger partial charge in [-0.15, -0.1) is 0 Å². The van der Waals surface area contributed by atoms with E-state index in [9.17, 15) is 4.79 Å². The van der Waals surface area contributed by atoms with E-state index in [0.29, 0.717) is 5.56 Å². The summed E-state index contributed by atoms with van der Waals surface area (Å²) in [7, 11) is 0. The fourth-order valence-electron chi connectivity index (χ4n) is 1.18. The van der Waals surface area contributed by atoms with E-state index in [1.165, 1.54) is 0 Å². The Bertz CT molecular complexity index is 339. The van der Waals surface area contributed by atoms with E-state index in [1.54, 1.807) is 6.07 Å². The van der Waals surface area contributed by atoms with Gasteiger partial charge in [-0.05, 0) is 48.2 Å². The topological polar surface area (TPSA) is 17.1 Å². The number of hydrogen-bond donors (Lipinski definition) is 0. The Kier molecular flexibility index (Phi) is 5.13. The molecule has 0 saturated heterocycles. The summed E-state index contributed by atoms with van der Waals surface area (Å²) >= 11 is 12.1. The Morgan fingerprint density at radius 3 is 2.64 bits per heavy atom. The van der Waals surface area contributed by atoms with Crippen LogP contribution in [-0.4, -0.2) is 10.6 Å². The van der Waals surface area contributed by atoms with Crippen LogP contribution in [0.15, 0.2) is 22.7 Å². The highest BCUT2D eigenvalue weighted by Crippen LogP contribution is 2.18. The zero-order chi connectivity index (χ0) is 10.6. The summed E-state index contributed by atoms with van der Waals surface area (Å²) in [5, 5.41) is 0.551. The minimum Gasteiger partial charge on any atom is -0.276 e. The number of benzene rings is 1. The molecule has 76 valence electrons. The minimum atomic E-state index is -0.411. The van der Waals surface area contributed by atoms with E-state index < -0.39 is 5.24 Å². The lowest BCUT2D eigenvalue weighted by Crippen LogP contribution is -1.93. The van der Waals surface area contributed by atoms with Crippen molar-refractivity contribution in [2.24, 2.45) is 0 Å². The van der Waals surface area contributed by atoms with Crippen LogP contribution in [0.2, 0.25) is 0 Å². The van der Waals surface area contributed by atoms with Crippen LogP contribution in [0.25, 0.3) is 0 Å². The van der Waals surface area contributed by atoms with Crippen LogP contribution in [0.3, 0.4) is 0 Å². The first kappa shape index (κ1) is 12.2.